The SMILES string of the molecule is CCC(C)c1cc(C(C)N)ccc1O. The van der Waals surface area contributed by atoms with Crippen molar-refractivity contribution in [3.05, 3.63) is 29.3 Å². The zero-order chi connectivity index (χ0) is 10.7. The predicted octanol–water partition coefficient (Wildman–Crippen LogP) is 2.93. The largest absolute Gasteiger partial charge is 0.508 e. The smallest absolute Gasteiger partial charge is 0.119 e. The van der Waals surface area contributed by atoms with Crippen LogP contribution in [0.5, 0.6) is 5.75 Å². The molecule has 0 radical (unpaired) electrons. The summed E-state index contributed by atoms with van der Waals surface area (Å²) in [7, 11) is 0. The molecule has 0 aliphatic carbocycles. The predicted molar refractivity (Wildman–Crippen MR) is 59.4 cm³/mol. The molecule has 0 saturated carbocycles. The van der Waals surface area contributed by atoms with Gasteiger partial charge in [-0.15, -0.1) is 0 Å². The van der Waals surface area contributed by atoms with Gasteiger partial charge in [-0.1, -0.05) is 26.0 Å². The van der Waals surface area contributed by atoms with Gasteiger partial charge in [-0.25, -0.2) is 0 Å². The van der Waals surface area contributed by atoms with Crippen molar-refractivity contribution < 1.29 is 5.11 Å². The Balaban J connectivity index is 3.08. The summed E-state index contributed by atoms with van der Waals surface area (Å²) < 4.78 is 0. The van der Waals surface area contributed by atoms with E-state index < -0.39 is 0 Å². The van der Waals surface area contributed by atoms with Crippen molar-refractivity contribution in [1.82, 2.24) is 0 Å². The first-order valence-corrected chi connectivity index (χ1v) is 5.14. The Kier molecular flexibility index (Phi) is 3.53. The number of aromatic hydroxyl groups is 1. The maximum atomic E-state index is 9.68. The van der Waals surface area contributed by atoms with Crippen LogP contribution in [0.25, 0.3) is 0 Å². The molecule has 0 heterocycles. The second kappa shape index (κ2) is 4.47. The van der Waals surface area contributed by atoms with E-state index in [9.17, 15) is 5.11 Å². The molecule has 0 amide bonds. The fraction of sp³-hybridized carbons (Fsp3) is 0.500. The highest BCUT2D eigenvalue weighted by Crippen LogP contribution is 2.29. The van der Waals surface area contributed by atoms with E-state index in [1.165, 1.54) is 0 Å². The van der Waals surface area contributed by atoms with E-state index in [0.29, 0.717) is 11.7 Å². The third-order valence-corrected chi connectivity index (χ3v) is 2.72. The summed E-state index contributed by atoms with van der Waals surface area (Å²) in [5.74, 6) is 0.762. The molecule has 1 aromatic rings. The van der Waals surface area contributed by atoms with E-state index in [-0.39, 0.29) is 6.04 Å². The molecule has 0 bridgehead atoms. The van der Waals surface area contributed by atoms with Gasteiger partial charge in [0.05, 0.1) is 0 Å². The van der Waals surface area contributed by atoms with Gasteiger partial charge >= 0.3 is 0 Å². The molecule has 2 nitrogen and oxygen atoms in total. The summed E-state index contributed by atoms with van der Waals surface area (Å²) in [6.07, 6.45) is 1.02. The lowest BCUT2D eigenvalue weighted by molar-refractivity contribution is 0.461. The number of hydrogen-bond donors (Lipinski definition) is 2. The highest BCUT2D eigenvalue weighted by molar-refractivity contribution is 5.39. The van der Waals surface area contributed by atoms with Crippen LogP contribution in [0.1, 0.15) is 50.3 Å². The minimum atomic E-state index is 0.0263. The lowest BCUT2D eigenvalue weighted by Gasteiger charge is -2.14. The first kappa shape index (κ1) is 11.1. The van der Waals surface area contributed by atoms with Gasteiger partial charge in [0.25, 0.3) is 0 Å². The number of hydrogen-bond acceptors (Lipinski definition) is 2. The van der Waals surface area contributed by atoms with Crippen molar-refractivity contribution in [3.63, 3.8) is 0 Å². The van der Waals surface area contributed by atoms with Crippen molar-refractivity contribution >= 4 is 0 Å². The molecule has 2 atom stereocenters. The summed E-state index contributed by atoms with van der Waals surface area (Å²) >= 11 is 0. The van der Waals surface area contributed by atoms with Gasteiger partial charge in [0.15, 0.2) is 0 Å². The third-order valence-electron chi connectivity index (χ3n) is 2.72. The van der Waals surface area contributed by atoms with E-state index in [1.807, 2.05) is 19.1 Å². The molecular weight excluding hydrogens is 174 g/mol. The van der Waals surface area contributed by atoms with Gasteiger partial charge in [-0.3, -0.25) is 0 Å². The summed E-state index contributed by atoms with van der Waals surface area (Å²) in [6, 6.07) is 5.65. The van der Waals surface area contributed by atoms with Gasteiger partial charge in [0.1, 0.15) is 5.75 Å². The van der Waals surface area contributed by atoms with Gasteiger partial charge in [0, 0.05) is 6.04 Å². The van der Waals surface area contributed by atoms with Crippen molar-refractivity contribution in [2.24, 2.45) is 5.73 Å². The highest BCUT2D eigenvalue weighted by Gasteiger charge is 2.10. The molecular formula is C12H19NO. The molecule has 14 heavy (non-hydrogen) atoms. The van der Waals surface area contributed by atoms with E-state index in [4.69, 9.17) is 5.73 Å². The quantitative estimate of drug-likeness (QED) is 0.775. The van der Waals surface area contributed by atoms with E-state index in [1.54, 1.807) is 6.07 Å². The Labute approximate surface area is 85.8 Å². The topological polar surface area (TPSA) is 46.2 Å². The second-order valence-corrected chi connectivity index (χ2v) is 3.92. The van der Waals surface area contributed by atoms with Gasteiger partial charge in [0.2, 0.25) is 0 Å². The number of nitrogens with two attached hydrogens (primary N) is 1. The lowest BCUT2D eigenvalue weighted by Crippen LogP contribution is -2.05. The normalized spacial score (nSPS) is 15.1. The number of phenolic OH excluding ortho intramolecular Hbond substituents is 1. The second-order valence-electron chi connectivity index (χ2n) is 3.92. The van der Waals surface area contributed by atoms with Crippen molar-refractivity contribution in [2.45, 2.75) is 39.2 Å². The van der Waals surface area contributed by atoms with Gasteiger partial charge < -0.3 is 10.8 Å². The van der Waals surface area contributed by atoms with Crippen molar-refractivity contribution in [1.29, 1.82) is 0 Å². The summed E-state index contributed by atoms with van der Waals surface area (Å²) in [5.41, 5.74) is 7.88. The lowest BCUT2D eigenvalue weighted by atomic mass is 9.94. The molecule has 3 N–H and O–H groups in total. The van der Waals surface area contributed by atoms with Crippen molar-refractivity contribution in [2.75, 3.05) is 0 Å². The molecule has 2 unspecified atom stereocenters. The zero-order valence-corrected chi connectivity index (χ0v) is 9.12. The van der Waals surface area contributed by atoms with Crippen LogP contribution in [0.4, 0.5) is 0 Å². The maximum Gasteiger partial charge on any atom is 0.119 e. The van der Waals surface area contributed by atoms with Crippen LogP contribution in [0.3, 0.4) is 0 Å². The Morgan fingerprint density at radius 3 is 2.50 bits per heavy atom. The van der Waals surface area contributed by atoms with Crippen LogP contribution in [0.15, 0.2) is 18.2 Å². The third kappa shape index (κ3) is 2.26. The number of phenols is 1. The summed E-state index contributed by atoms with van der Waals surface area (Å²) in [4.78, 5) is 0. The first-order valence-electron chi connectivity index (χ1n) is 5.14. The van der Waals surface area contributed by atoms with Crippen LogP contribution in [-0.4, -0.2) is 5.11 Å². The van der Waals surface area contributed by atoms with Crippen LogP contribution >= 0.6 is 0 Å². The van der Waals surface area contributed by atoms with E-state index in [2.05, 4.69) is 13.8 Å². The fourth-order valence-corrected chi connectivity index (χ4v) is 1.47. The molecule has 0 aromatic heterocycles. The van der Waals surface area contributed by atoms with Gasteiger partial charge in [-0.05, 0) is 36.5 Å². The number of rotatable bonds is 3. The number of benzene rings is 1. The molecule has 0 saturated heterocycles. The minimum Gasteiger partial charge on any atom is -0.508 e. The molecule has 1 rings (SSSR count). The van der Waals surface area contributed by atoms with E-state index >= 15 is 0 Å². The summed E-state index contributed by atoms with van der Waals surface area (Å²) in [6.45, 7) is 6.18. The summed E-state index contributed by atoms with van der Waals surface area (Å²) in [5, 5.41) is 9.68. The Hall–Kier alpha value is -1.02. The molecule has 0 spiro atoms. The zero-order valence-electron chi connectivity index (χ0n) is 9.12. The monoisotopic (exact) mass is 193 g/mol. The molecule has 2 heteroatoms. The molecule has 0 aliphatic heterocycles. The standard InChI is InChI=1S/C12H19NO/c1-4-8(2)11-7-10(9(3)13)5-6-12(11)14/h5-9,14H,4,13H2,1-3H3. The Morgan fingerprint density at radius 1 is 1.36 bits per heavy atom. The van der Waals surface area contributed by atoms with Crippen LogP contribution in [0.2, 0.25) is 0 Å². The average Bonchev–Trinajstić information content (AvgIpc) is 2.17. The van der Waals surface area contributed by atoms with E-state index in [0.717, 1.165) is 17.5 Å². The van der Waals surface area contributed by atoms with Crippen molar-refractivity contribution in [3.8, 4) is 5.75 Å². The molecule has 1 aromatic carbocycles. The van der Waals surface area contributed by atoms with Crippen LogP contribution in [-0.2, 0) is 0 Å². The molecule has 0 fully saturated rings. The molecule has 78 valence electrons. The van der Waals surface area contributed by atoms with Gasteiger partial charge in [-0.2, -0.15) is 0 Å². The maximum absolute atomic E-state index is 9.68. The molecule has 0 aliphatic rings. The minimum absolute atomic E-state index is 0.0263. The highest BCUT2D eigenvalue weighted by atomic mass is 16.3. The fourth-order valence-electron chi connectivity index (χ4n) is 1.47. The first-order chi connectivity index (χ1) is 6.56. The van der Waals surface area contributed by atoms with Crippen LogP contribution in [0, 0.1) is 0 Å². The Bertz CT molecular complexity index is 307. The Morgan fingerprint density at radius 2 is 2.00 bits per heavy atom. The van der Waals surface area contributed by atoms with Crippen LogP contribution < -0.4 is 5.73 Å². The average molecular weight is 193 g/mol.